The van der Waals surface area contributed by atoms with Crippen LogP contribution in [0.25, 0.3) is 76.5 Å². The summed E-state index contributed by atoms with van der Waals surface area (Å²) in [7, 11) is 8.25. The van der Waals surface area contributed by atoms with E-state index in [1.54, 1.807) is 0 Å². The van der Waals surface area contributed by atoms with Crippen LogP contribution in [-0.2, 0) is 0 Å². The summed E-state index contributed by atoms with van der Waals surface area (Å²) >= 11 is 0. The highest BCUT2D eigenvalue weighted by molar-refractivity contribution is 6.17. The highest BCUT2D eigenvalue weighted by Crippen LogP contribution is 2.39. The number of furan rings is 2. The second-order valence-electron chi connectivity index (χ2n) is 11.1. The molecule has 0 N–H and O–H groups in total. The van der Waals surface area contributed by atoms with E-state index in [4.69, 9.17) is 8.83 Å². The Bertz CT molecular complexity index is 2120. The van der Waals surface area contributed by atoms with E-state index in [0.717, 1.165) is 65.8 Å². The van der Waals surface area contributed by atoms with Gasteiger partial charge in [-0.15, -0.1) is 0 Å². The molecule has 8 aromatic rings. The minimum atomic E-state index is 0.893. The number of nitrogens with zero attached hydrogens (tertiary/aromatic N) is 2. The van der Waals surface area contributed by atoms with Gasteiger partial charge in [-0.3, -0.25) is 0 Å². The van der Waals surface area contributed by atoms with Crippen molar-refractivity contribution in [2.24, 2.45) is 0 Å². The molecular weight excluding hydrogens is 492 g/mol. The zero-order valence-electron chi connectivity index (χ0n) is 22.9. The number of benzene rings is 6. The molecule has 0 bridgehead atoms. The Hall–Kier alpha value is -4.96. The maximum atomic E-state index is 6.50. The molecule has 0 radical (unpaired) electrons. The van der Waals surface area contributed by atoms with Gasteiger partial charge >= 0.3 is 0 Å². The van der Waals surface area contributed by atoms with Crippen molar-refractivity contribution in [3.63, 3.8) is 0 Å². The predicted octanol–water partition coefficient (Wildman–Crippen LogP) is 9.59. The normalized spacial score (nSPS) is 12.0. The Morgan fingerprint density at radius 1 is 0.400 bits per heavy atom. The van der Waals surface area contributed by atoms with Gasteiger partial charge in [-0.25, -0.2) is 0 Å². The van der Waals surface area contributed by atoms with E-state index in [1.807, 2.05) is 0 Å². The lowest BCUT2D eigenvalue weighted by Gasteiger charge is -2.12. The Kier molecular flexibility index (Phi) is 4.75. The van der Waals surface area contributed by atoms with Gasteiger partial charge in [0.15, 0.2) is 0 Å². The lowest BCUT2D eigenvalue weighted by molar-refractivity contribution is 0.672. The molecule has 0 spiro atoms. The third-order valence-electron chi connectivity index (χ3n) is 8.24. The van der Waals surface area contributed by atoms with Crippen LogP contribution in [0.4, 0.5) is 11.4 Å². The maximum Gasteiger partial charge on any atom is 0.143 e. The molecule has 40 heavy (non-hydrogen) atoms. The number of fused-ring (bicyclic) bond motifs is 10. The summed E-state index contributed by atoms with van der Waals surface area (Å²) in [5.74, 6) is 0. The monoisotopic (exact) mass is 520 g/mol. The molecule has 8 rings (SSSR count). The van der Waals surface area contributed by atoms with Gasteiger partial charge in [0.2, 0.25) is 0 Å². The predicted molar refractivity (Wildman–Crippen MR) is 170 cm³/mol. The van der Waals surface area contributed by atoms with Gasteiger partial charge in [0.1, 0.15) is 22.3 Å². The topological polar surface area (TPSA) is 32.8 Å². The molecule has 0 unspecified atom stereocenters. The summed E-state index contributed by atoms with van der Waals surface area (Å²) < 4.78 is 13.0. The third kappa shape index (κ3) is 3.32. The number of hydrogen-bond acceptors (Lipinski definition) is 4. The third-order valence-corrected chi connectivity index (χ3v) is 8.24. The van der Waals surface area contributed by atoms with Crippen molar-refractivity contribution >= 4 is 76.8 Å². The number of anilines is 2. The van der Waals surface area contributed by atoms with Crippen molar-refractivity contribution in [1.82, 2.24) is 0 Å². The minimum absolute atomic E-state index is 0.893. The van der Waals surface area contributed by atoms with Crippen LogP contribution in [0, 0.1) is 0 Å². The molecule has 0 saturated carbocycles. The summed E-state index contributed by atoms with van der Waals surface area (Å²) in [6.45, 7) is 0. The second-order valence-corrected chi connectivity index (χ2v) is 11.1. The average molecular weight is 521 g/mol. The molecule has 2 heterocycles. The molecule has 0 fully saturated rings. The molecule has 194 valence electrons. The highest BCUT2D eigenvalue weighted by atomic mass is 16.3. The van der Waals surface area contributed by atoms with Gasteiger partial charge in [-0.1, -0.05) is 24.3 Å². The van der Waals surface area contributed by atoms with Crippen LogP contribution in [-0.4, -0.2) is 28.2 Å². The highest BCUT2D eigenvalue weighted by Gasteiger charge is 2.15. The summed E-state index contributed by atoms with van der Waals surface area (Å²) in [6, 6.07) is 34.8. The first kappa shape index (κ1) is 23.0. The molecular formula is C36H28N2O2. The fraction of sp³-hybridized carbons (Fsp3) is 0.111. The van der Waals surface area contributed by atoms with Crippen molar-refractivity contribution in [1.29, 1.82) is 0 Å². The largest absolute Gasteiger partial charge is 0.455 e. The molecule has 4 heteroatoms. The Morgan fingerprint density at radius 2 is 0.800 bits per heavy atom. The lowest BCUT2D eigenvalue weighted by atomic mass is 10.0. The van der Waals surface area contributed by atoms with Gasteiger partial charge in [-0.05, 0) is 94.7 Å². The SMILES string of the molecule is CN(C)c1ccc2c(ccc3c4ccc(-c5ccc6c(c5)oc5c7ccc(N(C)C)cc7ccc65)cc4oc23)c1. The second kappa shape index (κ2) is 8.27. The first-order chi connectivity index (χ1) is 19.4. The molecule has 0 saturated heterocycles. The molecule has 0 amide bonds. The summed E-state index contributed by atoms with van der Waals surface area (Å²) in [4.78, 5) is 4.24. The first-order valence-electron chi connectivity index (χ1n) is 13.6. The van der Waals surface area contributed by atoms with Gasteiger partial charge in [-0.2, -0.15) is 0 Å². The average Bonchev–Trinajstić information content (AvgIpc) is 3.54. The van der Waals surface area contributed by atoms with E-state index in [2.05, 4.69) is 135 Å². The lowest BCUT2D eigenvalue weighted by Crippen LogP contribution is -2.07. The summed E-state index contributed by atoms with van der Waals surface area (Å²) in [5, 5.41) is 9.17. The van der Waals surface area contributed by atoms with Crippen LogP contribution >= 0.6 is 0 Å². The molecule has 0 atom stereocenters. The van der Waals surface area contributed by atoms with Crippen molar-refractivity contribution in [3.8, 4) is 11.1 Å². The zero-order chi connectivity index (χ0) is 27.1. The Labute approximate surface area is 231 Å². The molecule has 6 aromatic carbocycles. The van der Waals surface area contributed by atoms with Crippen molar-refractivity contribution in [2.75, 3.05) is 38.0 Å². The molecule has 4 nitrogen and oxygen atoms in total. The van der Waals surface area contributed by atoms with Crippen molar-refractivity contribution in [2.45, 2.75) is 0 Å². The van der Waals surface area contributed by atoms with Gasteiger partial charge in [0.25, 0.3) is 0 Å². The van der Waals surface area contributed by atoms with E-state index < -0.39 is 0 Å². The minimum Gasteiger partial charge on any atom is -0.455 e. The van der Waals surface area contributed by atoms with E-state index in [9.17, 15) is 0 Å². The van der Waals surface area contributed by atoms with E-state index in [1.165, 1.54) is 22.1 Å². The zero-order valence-corrected chi connectivity index (χ0v) is 22.9. The smallest absolute Gasteiger partial charge is 0.143 e. The van der Waals surface area contributed by atoms with Gasteiger partial charge in [0.05, 0.1) is 0 Å². The van der Waals surface area contributed by atoms with Crippen LogP contribution < -0.4 is 9.80 Å². The molecule has 2 aromatic heterocycles. The molecule has 0 aliphatic carbocycles. The van der Waals surface area contributed by atoms with Crippen LogP contribution in [0.3, 0.4) is 0 Å². The van der Waals surface area contributed by atoms with E-state index >= 15 is 0 Å². The summed E-state index contributed by atoms with van der Waals surface area (Å²) in [6.07, 6.45) is 0. The quantitative estimate of drug-likeness (QED) is 0.232. The van der Waals surface area contributed by atoms with E-state index in [-0.39, 0.29) is 0 Å². The van der Waals surface area contributed by atoms with Crippen LogP contribution in [0.1, 0.15) is 0 Å². The number of hydrogen-bond donors (Lipinski definition) is 0. The van der Waals surface area contributed by atoms with Crippen molar-refractivity contribution in [3.05, 3.63) is 97.1 Å². The summed E-state index contributed by atoms with van der Waals surface area (Å²) in [5.41, 5.74) is 8.23. The van der Waals surface area contributed by atoms with Crippen molar-refractivity contribution < 1.29 is 8.83 Å². The fourth-order valence-electron chi connectivity index (χ4n) is 6.02. The first-order valence-corrected chi connectivity index (χ1v) is 13.6. The molecule has 0 aliphatic heterocycles. The van der Waals surface area contributed by atoms with Crippen LogP contribution in [0.15, 0.2) is 106 Å². The Morgan fingerprint density at radius 3 is 1.23 bits per heavy atom. The fourth-order valence-corrected chi connectivity index (χ4v) is 6.02. The molecule has 0 aliphatic rings. The van der Waals surface area contributed by atoms with Crippen LogP contribution in [0.5, 0.6) is 0 Å². The number of rotatable bonds is 3. The van der Waals surface area contributed by atoms with Crippen LogP contribution in [0.2, 0.25) is 0 Å². The van der Waals surface area contributed by atoms with Gasteiger partial charge in [0, 0.05) is 71.9 Å². The maximum absolute atomic E-state index is 6.50. The Balaban J connectivity index is 1.25. The standard InChI is InChI=1S/C36H28N2O2/c1-37(2)25-9-15-27-23(17-25)7-13-31-29-11-5-21(19-33(29)39-35(27)31)22-6-12-30-32-14-8-24-18-26(38(3)4)10-16-28(24)36(32)40-34(30)20-22/h5-20H,1-4H3. The van der Waals surface area contributed by atoms with E-state index in [0.29, 0.717) is 0 Å². The van der Waals surface area contributed by atoms with Gasteiger partial charge < -0.3 is 18.6 Å².